The molecule has 2 heterocycles. The molecule has 0 aromatic carbocycles. The van der Waals surface area contributed by atoms with Crippen LogP contribution in [-0.4, -0.2) is 59.4 Å². The van der Waals surface area contributed by atoms with Crippen LogP contribution in [0.5, 0.6) is 0 Å². The first-order valence-corrected chi connectivity index (χ1v) is 10.3. The fourth-order valence-corrected chi connectivity index (χ4v) is 4.66. The van der Waals surface area contributed by atoms with Crippen LogP contribution in [-0.2, 0) is 11.8 Å². The van der Waals surface area contributed by atoms with Gasteiger partial charge in [-0.25, -0.2) is 0 Å². The Morgan fingerprint density at radius 2 is 1.96 bits per heavy atom. The number of aryl methyl sites for hydroxylation is 1. The Morgan fingerprint density at radius 1 is 1.25 bits per heavy atom. The summed E-state index contributed by atoms with van der Waals surface area (Å²) in [5.41, 5.74) is 1.17. The van der Waals surface area contributed by atoms with Crippen LogP contribution in [0.2, 0.25) is 0 Å². The molecule has 1 aromatic rings. The second kappa shape index (κ2) is 12.0. The van der Waals surface area contributed by atoms with Crippen molar-refractivity contribution in [3.8, 4) is 0 Å². The number of halogens is 2. The summed E-state index contributed by atoms with van der Waals surface area (Å²) in [6, 6.07) is 0.326. The fraction of sp³-hybridized carbons (Fsp3) is 0.800. The van der Waals surface area contributed by atoms with Crippen molar-refractivity contribution in [3.05, 3.63) is 18.0 Å². The van der Waals surface area contributed by atoms with Gasteiger partial charge in [0.15, 0.2) is 0 Å². The van der Waals surface area contributed by atoms with Crippen LogP contribution in [0.25, 0.3) is 0 Å². The van der Waals surface area contributed by atoms with Gasteiger partial charge in [-0.2, -0.15) is 5.10 Å². The molecule has 28 heavy (non-hydrogen) atoms. The normalized spacial score (nSPS) is 27.1. The lowest BCUT2D eigenvalue weighted by molar-refractivity contribution is -0.126. The van der Waals surface area contributed by atoms with Crippen LogP contribution in [0.3, 0.4) is 0 Å². The first kappa shape index (κ1) is 25.2. The number of rotatable bonds is 7. The van der Waals surface area contributed by atoms with E-state index in [-0.39, 0.29) is 42.6 Å². The maximum atomic E-state index is 13.1. The molecule has 8 heteroatoms. The van der Waals surface area contributed by atoms with E-state index < -0.39 is 0 Å². The minimum atomic E-state index is 0. The molecule has 0 bridgehead atoms. The average molecular weight is 434 g/mol. The Morgan fingerprint density at radius 3 is 2.61 bits per heavy atom. The molecule has 0 spiro atoms. The van der Waals surface area contributed by atoms with Gasteiger partial charge in [-0.15, -0.1) is 24.8 Å². The molecule has 2 fully saturated rings. The Hall–Kier alpha value is -0.820. The van der Waals surface area contributed by atoms with Crippen molar-refractivity contribution in [2.75, 3.05) is 32.7 Å². The standard InChI is InChI=1S/C20H35N5O.2ClH/c1-4-25(5-2)14-15-8-6-7-9-19(15)23-20(26)18-12-21-11-17(18)16-10-22-24(3)13-16;;/h10,13,15,17-19,21H,4-9,11-12,14H2,1-3H3,(H,23,26);2*1H/t15?,17-,18+,19?;;/m1../s1. The monoisotopic (exact) mass is 433 g/mol. The zero-order valence-corrected chi connectivity index (χ0v) is 19.0. The second-order valence-electron chi connectivity index (χ2n) is 7.96. The fourth-order valence-electron chi connectivity index (χ4n) is 4.66. The van der Waals surface area contributed by atoms with Gasteiger partial charge in [0.2, 0.25) is 5.91 Å². The summed E-state index contributed by atoms with van der Waals surface area (Å²) in [5, 5.41) is 11.1. The maximum Gasteiger partial charge on any atom is 0.225 e. The molecule has 2 unspecified atom stereocenters. The Kier molecular flexibility index (Phi) is 10.8. The zero-order valence-electron chi connectivity index (χ0n) is 17.4. The number of aromatic nitrogens is 2. The van der Waals surface area contributed by atoms with E-state index in [0.717, 1.165) is 39.1 Å². The molecular weight excluding hydrogens is 397 g/mol. The van der Waals surface area contributed by atoms with Gasteiger partial charge < -0.3 is 15.5 Å². The van der Waals surface area contributed by atoms with Gasteiger partial charge in [-0.1, -0.05) is 26.7 Å². The third-order valence-corrected chi connectivity index (χ3v) is 6.33. The van der Waals surface area contributed by atoms with Crippen molar-refractivity contribution in [1.29, 1.82) is 0 Å². The number of nitrogens with zero attached hydrogens (tertiary/aromatic N) is 3. The van der Waals surface area contributed by atoms with E-state index in [2.05, 4.69) is 34.5 Å². The highest BCUT2D eigenvalue weighted by Crippen LogP contribution is 2.30. The van der Waals surface area contributed by atoms with Crippen molar-refractivity contribution < 1.29 is 4.79 Å². The summed E-state index contributed by atoms with van der Waals surface area (Å²) in [7, 11) is 1.93. The number of carbonyl (C=O) groups excluding carboxylic acids is 1. The Labute approximate surface area is 182 Å². The van der Waals surface area contributed by atoms with Crippen LogP contribution in [0, 0.1) is 11.8 Å². The highest BCUT2D eigenvalue weighted by Gasteiger charge is 2.37. The number of carbonyl (C=O) groups is 1. The van der Waals surface area contributed by atoms with E-state index in [0.29, 0.717) is 12.0 Å². The van der Waals surface area contributed by atoms with Gasteiger partial charge in [0.1, 0.15) is 0 Å². The van der Waals surface area contributed by atoms with E-state index in [9.17, 15) is 4.79 Å². The van der Waals surface area contributed by atoms with E-state index in [1.165, 1.54) is 24.8 Å². The summed E-state index contributed by atoms with van der Waals surface area (Å²) >= 11 is 0. The van der Waals surface area contributed by atoms with Gasteiger partial charge in [0, 0.05) is 44.8 Å². The minimum Gasteiger partial charge on any atom is -0.353 e. The number of hydrogen-bond acceptors (Lipinski definition) is 4. The van der Waals surface area contributed by atoms with Crippen LogP contribution in [0.4, 0.5) is 0 Å². The van der Waals surface area contributed by atoms with Crippen LogP contribution < -0.4 is 10.6 Å². The second-order valence-corrected chi connectivity index (χ2v) is 7.96. The van der Waals surface area contributed by atoms with Crippen molar-refractivity contribution >= 4 is 30.7 Å². The zero-order chi connectivity index (χ0) is 18.5. The molecule has 1 saturated carbocycles. The van der Waals surface area contributed by atoms with Crippen LogP contribution >= 0.6 is 24.8 Å². The highest BCUT2D eigenvalue weighted by atomic mass is 35.5. The third kappa shape index (κ3) is 6.09. The van der Waals surface area contributed by atoms with Crippen molar-refractivity contribution in [3.63, 3.8) is 0 Å². The molecule has 1 aromatic heterocycles. The Bertz CT molecular complexity index is 593. The number of hydrogen-bond donors (Lipinski definition) is 2. The maximum absolute atomic E-state index is 13.1. The van der Waals surface area contributed by atoms with Gasteiger partial charge in [0.25, 0.3) is 0 Å². The number of amides is 1. The lowest BCUT2D eigenvalue weighted by Crippen LogP contribution is -2.49. The summed E-state index contributed by atoms with van der Waals surface area (Å²) in [5.74, 6) is 1.04. The summed E-state index contributed by atoms with van der Waals surface area (Å²) in [6.45, 7) is 9.35. The molecule has 1 saturated heterocycles. The van der Waals surface area contributed by atoms with Crippen molar-refractivity contribution in [2.24, 2.45) is 18.9 Å². The SMILES string of the molecule is CCN(CC)CC1CCCCC1NC(=O)[C@H]1CNC[C@@H]1c1cnn(C)c1.Cl.Cl. The topological polar surface area (TPSA) is 62.2 Å². The molecule has 2 N–H and O–H groups in total. The summed E-state index contributed by atoms with van der Waals surface area (Å²) in [6.07, 6.45) is 8.82. The molecule has 3 rings (SSSR count). The molecule has 1 aliphatic heterocycles. The van der Waals surface area contributed by atoms with Crippen LogP contribution in [0.15, 0.2) is 12.4 Å². The smallest absolute Gasteiger partial charge is 0.225 e. The molecule has 0 radical (unpaired) electrons. The highest BCUT2D eigenvalue weighted by molar-refractivity contribution is 5.85. The molecular formula is C20H37Cl2N5O. The predicted molar refractivity (Wildman–Crippen MR) is 118 cm³/mol. The van der Waals surface area contributed by atoms with E-state index in [1.54, 1.807) is 0 Å². The first-order valence-electron chi connectivity index (χ1n) is 10.3. The third-order valence-electron chi connectivity index (χ3n) is 6.33. The predicted octanol–water partition coefficient (Wildman–Crippen LogP) is 2.58. The lowest BCUT2D eigenvalue weighted by Gasteiger charge is -2.36. The summed E-state index contributed by atoms with van der Waals surface area (Å²) in [4.78, 5) is 15.6. The lowest BCUT2D eigenvalue weighted by atomic mass is 9.83. The van der Waals surface area contributed by atoms with E-state index in [1.807, 2.05) is 24.1 Å². The van der Waals surface area contributed by atoms with Gasteiger partial charge in [0.05, 0.1) is 12.1 Å². The van der Waals surface area contributed by atoms with Gasteiger partial charge >= 0.3 is 0 Å². The van der Waals surface area contributed by atoms with Gasteiger partial charge in [-0.05, 0) is 37.4 Å². The van der Waals surface area contributed by atoms with E-state index >= 15 is 0 Å². The Balaban J connectivity index is 0.00000196. The average Bonchev–Trinajstić information content (AvgIpc) is 3.29. The van der Waals surface area contributed by atoms with Crippen molar-refractivity contribution in [1.82, 2.24) is 25.3 Å². The summed E-state index contributed by atoms with van der Waals surface area (Å²) < 4.78 is 1.82. The molecule has 4 atom stereocenters. The largest absolute Gasteiger partial charge is 0.353 e. The molecule has 6 nitrogen and oxygen atoms in total. The quantitative estimate of drug-likeness (QED) is 0.693. The first-order chi connectivity index (χ1) is 12.6. The van der Waals surface area contributed by atoms with Crippen molar-refractivity contribution in [2.45, 2.75) is 51.5 Å². The van der Waals surface area contributed by atoms with Gasteiger partial charge in [-0.3, -0.25) is 9.48 Å². The molecule has 1 aliphatic carbocycles. The molecule has 162 valence electrons. The van der Waals surface area contributed by atoms with Crippen LogP contribution in [0.1, 0.15) is 51.0 Å². The van der Waals surface area contributed by atoms with E-state index in [4.69, 9.17) is 0 Å². The molecule has 1 amide bonds. The number of nitrogens with one attached hydrogen (secondary N) is 2. The molecule has 2 aliphatic rings. The minimum absolute atomic E-state index is 0.